The topological polar surface area (TPSA) is 83.6 Å². The number of methoxy groups -OCH3 is 2. The zero-order valence-electron chi connectivity index (χ0n) is 31.4. The van der Waals surface area contributed by atoms with E-state index in [9.17, 15) is 0 Å². The first-order valence-electron chi connectivity index (χ1n) is 18.9. The van der Waals surface area contributed by atoms with Gasteiger partial charge >= 0.3 is 0 Å². The van der Waals surface area contributed by atoms with Crippen LogP contribution in [-0.2, 0) is 22.6 Å². The monoisotopic (exact) mass is 734 g/mol. The van der Waals surface area contributed by atoms with Crippen LogP contribution in [0.3, 0.4) is 0 Å². The van der Waals surface area contributed by atoms with E-state index in [1.165, 1.54) is 0 Å². The molecule has 0 radical (unpaired) electrons. The van der Waals surface area contributed by atoms with Crippen molar-refractivity contribution in [3.63, 3.8) is 0 Å². The van der Waals surface area contributed by atoms with Crippen molar-refractivity contribution in [3.8, 4) is 44.8 Å². The van der Waals surface area contributed by atoms with Crippen LogP contribution in [0, 0.1) is 0 Å². The van der Waals surface area contributed by atoms with Crippen LogP contribution in [0.1, 0.15) is 22.8 Å². The largest absolute Gasteiger partial charge is 0.378 e. The van der Waals surface area contributed by atoms with Crippen molar-refractivity contribution in [2.24, 2.45) is 0 Å². The van der Waals surface area contributed by atoms with Gasteiger partial charge in [-0.25, -0.2) is 9.97 Å². The van der Waals surface area contributed by atoms with Crippen LogP contribution in [0.5, 0.6) is 0 Å². The number of H-pyrrole nitrogens is 2. The van der Waals surface area contributed by atoms with Crippen molar-refractivity contribution in [3.05, 3.63) is 156 Å². The minimum atomic E-state index is 0.576. The highest BCUT2D eigenvalue weighted by Crippen LogP contribution is 2.37. The number of fused-ring (bicyclic) bond motifs is 8. The molecule has 2 aromatic carbocycles. The molecule has 0 unspecified atom stereocenters. The Morgan fingerprint density at radius 1 is 0.429 bits per heavy atom. The Kier molecular flexibility index (Phi) is 9.72. The van der Waals surface area contributed by atoms with Gasteiger partial charge in [-0.3, -0.25) is 0 Å². The van der Waals surface area contributed by atoms with Crippen LogP contribution in [0.4, 0.5) is 0 Å². The number of nitrogens with one attached hydrogen (secondary N) is 2. The molecule has 0 saturated carbocycles. The van der Waals surface area contributed by atoms with Gasteiger partial charge in [0.1, 0.15) is 13.2 Å². The number of ether oxygens (including phenoxy) is 2. The minimum absolute atomic E-state index is 0.576. The summed E-state index contributed by atoms with van der Waals surface area (Å²) in [5.74, 6) is 0. The number of aromatic amines is 2. The summed E-state index contributed by atoms with van der Waals surface area (Å²) in [6, 6.07) is 42.2. The van der Waals surface area contributed by atoms with Gasteiger partial charge in [-0.15, -0.1) is 0 Å². The molecule has 8 bridgehead atoms. The van der Waals surface area contributed by atoms with E-state index in [0.29, 0.717) is 26.3 Å². The SMILES string of the molecule is COCC[n+]1ccccc1-c1c2nc(c(-c3ccccc3)c3nc(c(-c4ccccc4)c4ccc([nH]4)c(-c4cccc[n+]4CCOC)c4ccc1[nH]4)C=C3)C=C2. The van der Waals surface area contributed by atoms with Crippen LogP contribution in [0.25, 0.3) is 91.1 Å². The summed E-state index contributed by atoms with van der Waals surface area (Å²) in [7, 11) is 3.48. The Morgan fingerprint density at radius 2 is 0.821 bits per heavy atom. The third-order valence-electron chi connectivity index (χ3n) is 10.3. The van der Waals surface area contributed by atoms with E-state index in [2.05, 4.69) is 165 Å². The Bertz CT molecular complexity index is 2780. The summed E-state index contributed by atoms with van der Waals surface area (Å²) in [6.07, 6.45) is 12.7. The minimum Gasteiger partial charge on any atom is -0.378 e. The van der Waals surface area contributed by atoms with Crippen molar-refractivity contribution in [2.75, 3.05) is 27.4 Å². The summed E-state index contributed by atoms with van der Waals surface area (Å²) < 4.78 is 15.6. The highest BCUT2D eigenvalue weighted by Gasteiger charge is 2.24. The van der Waals surface area contributed by atoms with Gasteiger partial charge in [0.15, 0.2) is 25.5 Å². The van der Waals surface area contributed by atoms with Crippen LogP contribution in [0.15, 0.2) is 134 Å². The van der Waals surface area contributed by atoms with Crippen molar-refractivity contribution in [1.82, 2.24) is 19.9 Å². The average molecular weight is 735 g/mol. The van der Waals surface area contributed by atoms with Gasteiger partial charge in [0.2, 0.25) is 11.4 Å². The van der Waals surface area contributed by atoms with Crippen molar-refractivity contribution < 1.29 is 18.6 Å². The lowest BCUT2D eigenvalue weighted by Crippen LogP contribution is -2.38. The molecule has 7 heterocycles. The summed E-state index contributed by atoms with van der Waals surface area (Å²) in [6.45, 7) is 2.54. The highest BCUT2D eigenvalue weighted by atomic mass is 16.5. The number of rotatable bonds is 10. The molecule has 5 aromatic heterocycles. The van der Waals surface area contributed by atoms with Gasteiger partial charge in [0.25, 0.3) is 0 Å². The number of nitrogens with zero attached hydrogens (tertiary/aromatic N) is 4. The van der Waals surface area contributed by atoms with E-state index in [0.717, 1.165) is 89.6 Å². The van der Waals surface area contributed by atoms with E-state index in [4.69, 9.17) is 19.4 Å². The van der Waals surface area contributed by atoms with Crippen molar-refractivity contribution in [1.29, 1.82) is 0 Å². The Hall–Kier alpha value is -6.74. The molecule has 0 spiro atoms. The Labute approximate surface area is 325 Å². The maximum atomic E-state index is 5.55. The summed E-state index contributed by atoms with van der Waals surface area (Å²) >= 11 is 0. The molecule has 0 saturated heterocycles. The molecule has 2 N–H and O–H groups in total. The third-order valence-corrected chi connectivity index (χ3v) is 10.3. The van der Waals surface area contributed by atoms with E-state index in [1.807, 2.05) is 12.1 Å². The smallest absolute Gasteiger partial charge is 0.216 e. The summed E-state index contributed by atoms with van der Waals surface area (Å²) in [4.78, 5) is 18.6. The average Bonchev–Trinajstić information content (AvgIpc) is 4.09. The van der Waals surface area contributed by atoms with Gasteiger partial charge < -0.3 is 19.4 Å². The standard InChI is InChI=1S/C48H41N6O2/c1-55-31-29-53-27-11-9-17-43(53)47-39-23-21-37(50-39)45(33-13-5-3-6-14-33)35-19-20-36(49-35)46(34-15-7-4-8-16-34)38-22-24-40(51-38)48(42-26-25-41(47)52-42)44-18-10-12-28-54(44)30-32-56-2/h3-28H,29-32H2,1-2H3,(H,49,50,51,52)/q+1/p+1. The van der Waals surface area contributed by atoms with Crippen LogP contribution < -0.4 is 9.13 Å². The molecule has 0 fully saturated rings. The fourth-order valence-corrected chi connectivity index (χ4v) is 7.74. The quantitative estimate of drug-likeness (QED) is 0.137. The summed E-state index contributed by atoms with van der Waals surface area (Å²) in [5.41, 5.74) is 15.5. The van der Waals surface area contributed by atoms with Crippen LogP contribution >= 0.6 is 0 Å². The second-order valence-electron chi connectivity index (χ2n) is 13.8. The fraction of sp³-hybridized carbons (Fsp3) is 0.125. The lowest BCUT2D eigenvalue weighted by Gasteiger charge is -2.07. The maximum Gasteiger partial charge on any atom is 0.216 e. The molecule has 9 rings (SSSR count). The number of pyridine rings is 2. The number of hydrogen-bond acceptors (Lipinski definition) is 4. The number of aromatic nitrogens is 6. The highest BCUT2D eigenvalue weighted by molar-refractivity contribution is 5.99. The molecule has 56 heavy (non-hydrogen) atoms. The molecule has 8 nitrogen and oxygen atoms in total. The second-order valence-corrected chi connectivity index (χ2v) is 13.8. The number of hydrogen-bond donors (Lipinski definition) is 2. The molecule has 274 valence electrons. The van der Waals surface area contributed by atoms with Crippen molar-refractivity contribution >= 4 is 46.4 Å². The Balaban J connectivity index is 1.46. The first kappa shape index (κ1) is 35.0. The Morgan fingerprint density at radius 3 is 1.32 bits per heavy atom. The van der Waals surface area contributed by atoms with Gasteiger partial charge in [0.05, 0.1) is 50.5 Å². The second kappa shape index (κ2) is 15.5. The molecule has 0 amide bonds. The first-order chi connectivity index (χ1) is 27.7. The molecular weight excluding hydrogens is 693 g/mol. The van der Waals surface area contributed by atoms with Crippen LogP contribution in [-0.4, -0.2) is 47.4 Å². The van der Waals surface area contributed by atoms with Gasteiger partial charge in [-0.2, -0.15) is 9.13 Å². The molecule has 2 aliphatic heterocycles. The molecule has 0 aliphatic carbocycles. The normalized spacial score (nSPS) is 12.0. The molecule has 8 heteroatoms. The lowest BCUT2D eigenvalue weighted by molar-refractivity contribution is -0.687. The van der Waals surface area contributed by atoms with Gasteiger partial charge in [0, 0.05) is 55.1 Å². The summed E-state index contributed by atoms with van der Waals surface area (Å²) in [5, 5.41) is 0. The zero-order chi connectivity index (χ0) is 37.8. The van der Waals surface area contributed by atoms with Gasteiger partial charge in [-0.1, -0.05) is 60.7 Å². The van der Waals surface area contributed by atoms with E-state index in [1.54, 1.807) is 14.2 Å². The molecule has 2 aliphatic rings. The first-order valence-corrected chi connectivity index (χ1v) is 18.9. The maximum absolute atomic E-state index is 5.55. The van der Waals surface area contributed by atoms with E-state index < -0.39 is 0 Å². The molecule has 0 atom stereocenters. The van der Waals surface area contributed by atoms with Gasteiger partial charge in [-0.05, 0) is 71.8 Å². The fourth-order valence-electron chi connectivity index (χ4n) is 7.74. The van der Waals surface area contributed by atoms with E-state index in [-0.39, 0.29) is 0 Å². The lowest BCUT2D eigenvalue weighted by atomic mass is 10.0. The zero-order valence-corrected chi connectivity index (χ0v) is 31.4. The third kappa shape index (κ3) is 6.66. The van der Waals surface area contributed by atoms with Crippen LogP contribution in [0.2, 0.25) is 0 Å². The predicted molar refractivity (Wildman–Crippen MR) is 225 cm³/mol. The predicted octanol–water partition coefficient (Wildman–Crippen LogP) is 9.19. The van der Waals surface area contributed by atoms with Crippen molar-refractivity contribution in [2.45, 2.75) is 13.1 Å². The van der Waals surface area contributed by atoms with E-state index >= 15 is 0 Å². The molecular formula is C48H42N6O2+2. The number of benzene rings is 2. The molecule has 7 aromatic rings.